The Morgan fingerprint density at radius 2 is 1.92 bits per heavy atom. The molecule has 5 rings (SSSR count). The third-order valence-corrected chi connectivity index (χ3v) is 6.66. The van der Waals surface area contributed by atoms with Gasteiger partial charge in [0.1, 0.15) is 5.75 Å². The minimum Gasteiger partial charge on any atom is -0.463 e. The zero-order valence-corrected chi connectivity index (χ0v) is 17.6. The summed E-state index contributed by atoms with van der Waals surface area (Å²) in [5.74, 6) is 0.908. The Balaban J connectivity index is 1.65. The Hall–Kier alpha value is -1.63. The summed E-state index contributed by atoms with van der Waals surface area (Å²) in [6.07, 6.45) is 0.645. The van der Waals surface area contributed by atoms with Crippen LogP contribution in [0.25, 0.3) is 0 Å². The molecular formula is C20H14Br2N2OS. The second-order valence-electron chi connectivity index (χ2n) is 6.31. The first-order valence-electron chi connectivity index (χ1n) is 8.31. The molecule has 3 heterocycles. The molecule has 0 amide bonds. The first-order valence-corrected chi connectivity index (χ1v) is 10.8. The lowest BCUT2D eigenvalue weighted by Crippen LogP contribution is -2.33. The standard InChI is InChI=1S/C20H14Br2N2OS/c21-13-9-14-17-11-16(18-7-4-8-26-18)23-24(17)20(12-5-2-1-3-6-12)25-19(14)15(22)10-13/h1-10,17,20H,11H2/t17-,20-/m1/s1. The van der Waals surface area contributed by atoms with Crippen LogP contribution in [0, 0.1) is 0 Å². The van der Waals surface area contributed by atoms with Crippen molar-refractivity contribution in [2.24, 2.45) is 5.10 Å². The van der Waals surface area contributed by atoms with Crippen molar-refractivity contribution < 1.29 is 4.74 Å². The van der Waals surface area contributed by atoms with Crippen molar-refractivity contribution in [1.82, 2.24) is 5.01 Å². The van der Waals surface area contributed by atoms with E-state index in [2.05, 4.69) is 72.6 Å². The second kappa shape index (κ2) is 6.51. The molecule has 0 radical (unpaired) electrons. The number of halogens is 2. The van der Waals surface area contributed by atoms with Crippen molar-refractivity contribution in [2.75, 3.05) is 0 Å². The maximum atomic E-state index is 6.44. The van der Waals surface area contributed by atoms with Crippen LogP contribution in [0.3, 0.4) is 0 Å². The number of hydrogen-bond donors (Lipinski definition) is 0. The van der Waals surface area contributed by atoms with E-state index >= 15 is 0 Å². The monoisotopic (exact) mass is 488 g/mol. The molecule has 2 aliphatic heterocycles. The van der Waals surface area contributed by atoms with Gasteiger partial charge in [0.15, 0.2) is 0 Å². The zero-order valence-electron chi connectivity index (χ0n) is 13.6. The van der Waals surface area contributed by atoms with Crippen LogP contribution < -0.4 is 4.74 Å². The maximum absolute atomic E-state index is 6.44. The first kappa shape index (κ1) is 16.5. The summed E-state index contributed by atoms with van der Waals surface area (Å²) in [6.45, 7) is 0. The third-order valence-electron chi connectivity index (χ3n) is 4.70. The quantitative estimate of drug-likeness (QED) is 0.409. The van der Waals surface area contributed by atoms with Crippen molar-refractivity contribution in [3.05, 3.63) is 84.9 Å². The van der Waals surface area contributed by atoms with E-state index in [1.54, 1.807) is 11.3 Å². The van der Waals surface area contributed by atoms with Gasteiger partial charge in [-0.05, 0) is 39.5 Å². The average Bonchev–Trinajstić information content (AvgIpc) is 3.31. The van der Waals surface area contributed by atoms with Gasteiger partial charge in [0, 0.05) is 22.0 Å². The molecule has 1 aromatic heterocycles. The summed E-state index contributed by atoms with van der Waals surface area (Å²) in [7, 11) is 0. The lowest BCUT2D eigenvalue weighted by molar-refractivity contribution is -0.0197. The van der Waals surface area contributed by atoms with Gasteiger partial charge in [0.2, 0.25) is 6.23 Å². The molecule has 2 aromatic carbocycles. The third kappa shape index (κ3) is 2.71. The molecule has 26 heavy (non-hydrogen) atoms. The molecule has 0 saturated heterocycles. The van der Waals surface area contributed by atoms with Crippen molar-refractivity contribution >= 4 is 48.9 Å². The van der Waals surface area contributed by atoms with E-state index in [-0.39, 0.29) is 12.3 Å². The maximum Gasteiger partial charge on any atom is 0.213 e. The molecule has 0 fully saturated rings. The van der Waals surface area contributed by atoms with E-state index in [0.29, 0.717) is 0 Å². The van der Waals surface area contributed by atoms with Gasteiger partial charge < -0.3 is 4.74 Å². The molecule has 0 saturated carbocycles. The van der Waals surface area contributed by atoms with Gasteiger partial charge in [-0.3, -0.25) is 0 Å². The van der Waals surface area contributed by atoms with E-state index in [9.17, 15) is 0 Å². The van der Waals surface area contributed by atoms with Crippen LogP contribution in [0.1, 0.15) is 34.7 Å². The van der Waals surface area contributed by atoms with Crippen molar-refractivity contribution in [1.29, 1.82) is 0 Å². The Morgan fingerprint density at radius 1 is 1.08 bits per heavy atom. The van der Waals surface area contributed by atoms with Crippen LogP contribution in [-0.2, 0) is 0 Å². The summed E-state index contributed by atoms with van der Waals surface area (Å²) >= 11 is 9.02. The lowest BCUT2D eigenvalue weighted by atomic mass is 9.98. The molecule has 0 bridgehead atoms. The SMILES string of the molecule is Brc1cc(Br)c2c(c1)[C@H]1CC(c3cccs3)=NN1[C@@H](c1ccccc1)O2. The highest BCUT2D eigenvalue weighted by Gasteiger charge is 2.42. The van der Waals surface area contributed by atoms with Crippen molar-refractivity contribution in [3.63, 3.8) is 0 Å². The number of fused-ring (bicyclic) bond motifs is 3. The molecule has 2 aliphatic rings. The summed E-state index contributed by atoms with van der Waals surface area (Å²) in [6, 6.07) is 18.8. The van der Waals surface area contributed by atoms with Gasteiger partial charge in [-0.25, -0.2) is 5.01 Å². The topological polar surface area (TPSA) is 24.8 Å². The van der Waals surface area contributed by atoms with Crippen LogP contribution in [0.2, 0.25) is 0 Å². The molecule has 3 nitrogen and oxygen atoms in total. The predicted molar refractivity (Wildman–Crippen MR) is 112 cm³/mol. The number of benzene rings is 2. The molecule has 0 spiro atoms. The Labute approximate surface area is 172 Å². The van der Waals surface area contributed by atoms with Gasteiger partial charge in [-0.15, -0.1) is 11.3 Å². The number of ether oxygens (including phenoxy) is 1. The molecule has 6 heteroatoms. The number of rotatable bonds is 2. The molecular weight excluding hydrogens is 476 g/mol. The molecule has 0 unspecified atom stereocenters. The van der Waals surface area contributed by atoms with Gasteiger partial charge >= 0.3 is 0 Å². The van der Waals surface area contributed by atoms with Gasteiger partial charge in [0.05, 0.1) is 21.1 Å². The van der Waals surface area contributed by atoms with Gasteiger partial charge in [0.25, 0.3) is 0 Å². The average molecular weight is 490 g/mol. The van der Waals surface area contributed by atoms with Crippen LogP contribution in [0.4, 0.5) is 0 Å². The van der Waals surface area contributed by atoms with E-state index in [4.69, 9.17) is 9.84 Å². The minimum absolute atomic E-state index is 0.162. The van der Waals surface area contributed by atoms with Crippen molar-refractivity contribution in [2.45, 2.75) is 18.7 Å². The van der Waals surface area contributed by atoms with Gasteiger partial charge in [-0.2, -0.15) is 5.10 Å². The summed E-state index contributed by atoms with van der Waals surface area (Å²) < 4.78 is 8.44. The minimum atomic E-state index is -0.233. The van der Waals surface area contributed by atoms with E-state index < -0.39 is 0 Å². The fraction of sp³-hybridized carbons (Fsp3) is 0.150. The van der Waals surface area contributed by atoms with E-state index in [1.807, 2.05) is 24.3 Å². The summed E-state index contributed by atoms with van der Waals surface area (Å²) in [5.41, 5.74) is 3.39. The Kier molecular flexibility index (Phi) is 4.14. The molecule has 0 N–H and O–H groups in total. The fourth-order valence-electron chi connectivity index (χ4n) is 3.54. The first-order chi connectivity index (χ1) is 12.7. The molecule has 130 valence electrons. The highest BCUT2D eigenvalue weighted by atomic mass is 79.9. The predicted octanol–water partition coefficient (Wildman–Crippen LogP) is 6.52. The highest BCUT2D eigenvalue weighted by molar-refractivity contribution is 9.11. The zero-order chi connectivity index (χ0) is 17.7. The van der Waals surface area contributed by atoms with E-state index in [0.717, 1.165) is 38.0 Å². The van der Waals surface area contributed by atoms with Crippen LogP contribution >= 0.6 is 43.2 Å². The Bertz CT molecular complexity index is 989. The summed E-state index contributed by atoms with van der Waals surface area (Å²) in [4.78, 5) is 1.22. The largest absolute Gasteiger partial charge is 0.463 e. The van der Waals surface area contributed by atoms with Crippen LogP contribution in [-0.4, -0.2) is 10.7 Å². The van der Waals surface area contributed by atoms with E-state index in [1.165, 1.54) is 4.88 Å². The Morgan fingerprint density at radius 3 is 2.69 bits per heavy atom. The molecule has 3 aromatic rings. The molecule has 2 atom stereocenters. The number of nitrogens with zero attached hydrogens (tertiary/aromatic N) is 2. The number of thiophene rings is 1. The number of hydrogen-bond acceptors (Lipinski definition) is 4. The van der Waals surface area contributed by atoms with Crippen LogP contribution in [0.15, 0.2) is 74.0 Å². The lowest BCUT2D eigenvalue weighted by Gasteiger charge is -2.38. The highest BCUT2D eigenvalue weighted by Crippen LogP contribution is 2.50. The van der Waals surface area contributed by atoms with Crippen molar-refractivity contribution in [3.8, 4) is 5.75 Å². The van der Waals surface area contributed by atoms with Crippen LogP contribution in [0.5, 0.6) is 5.75 Å². The molecule has 0 aliphatic carbocycles. The normalized spacial score (nSPS) is 21.0. The summed E-state index contributed by atoms with van der Waals surface area (Å²) in [5, 5.41) is 9.19. The smallest absolute Gasteiger partial charge is 0.213 e. The fourth-order valence-corrected chi connectivity index (χ4v) is 5.62. The second-order valence-corrected chi connectivity index (χ2v) is 9.03. The number of hydrazone groups is 1. The van der Waals surface area contributed by atoms with Gasteiger partial charge in [-0.1, -0.05) is 52.3 Å².